The second-order valence-corrected chi connectivity index (χ2v) is 9.27. The van der Waals surface area contributed by atoms with Gasteiger partial charge in [-0.2, -0.15) is 0 Å². The van der Waals surface area contributed by atoms with Crippen LogP contribution in [0.3, 0.4) is 0 Å². The lowest BCUT2D eigenvalue weighted by atomic mass is 9.80. The molecule has 0 radical (unpaired) electrons. The van der Waals surface area contributed by atoms with Gasteiger partial charge in [0.2, 0.25) is 11.5 Å². The standard InChI is InChI=1S/C20H26N4O4/c1-9-11(17(27)23(21-9)19(3,4)5)13-15(25)14(16(13)26)12-10(2)22-24(18(12)28)20(6,7)8/h21,25H,1-8H3/p+1/b14-12-. The molecule has 3 N–H and O–H groups in total. The number of rotatable bonds is 1. The zero-order chi connectivity index (χ0) is 21.3. The normalized spacial score (nSPS) is 20.9. The third kappa shape index (κ3) is 2.66. The van der Waals surface area contributed by atoms with Crippen molar-refractivity contribution in [3.63, 3.8) is 0 Å². The van der Waals surface area contributed by atoms with E-state index in [0.29, 0.717) is 11.4 Å². The van der Waals surface area contributed by atoms with E-state index >= 15 is 0 Å². The van der Waals surface area contributed by atoms with Crippen molar-refractivity contribution in [1.29, 1.82) is 0 Å². The summed E-state index contributed by atoms with van der Waals surface area (Å²) in [7, 11) is 0. The number of aryl methyl sites for hydroxylation is 1. The molecular weight excluding hydrogens is 360 g/mol. The van der Waals surface area contributed by atoms with E-state index < -0.39 is 16.9 Å². The number of aromatic amines is 1. The van der Waals surface area contributed by atoms with Crippen LogP contribution >= 0.6 is 0 Å². The van der Waals surface area contributed by atoms with Gasteiger partial charge in [0, 0.05) is 12.6 Å². The zero-order valence-corrected chi connectivity index (χ0v) is 17.6. The highest BCUT2D eigenvalue weighted by atomic mass is 16.3. The molecule has 0 unspecified atom stereocenters. The number of Topliss-reactive ketones (excluding diaryl/α,β-unsaturated/α-hetero) is 1. The summed E-state index contributed by atoms with van der Waals surface area (Å²) in [6.45, 7) is 14.5. The molecule has 0 atom stereocenters. The fraction of sp³-hybridized carbons (Fsp3) is 0.500. The van der Waals surface area contributed by atoms with Gasteiger partial charge in [-0.25, -0.2) is 4.68 Å². The van der Waals surface area contributed by atoms with Crippen molar-refractivity contribution in [2.24, 2.45) is 0 Å². The molecule has 8 nitrogen and oxygen atoms in total. The fourth-order valence-electron chi connectivity index (χ4n) is 3.49. The highest BCUT2D eigenvalue weighted by molar-refractivity contribution is 6.43. The number of aliphatic hydroxyl groups excluding tert-OH is 1. The molecule has 0 aromatic carbocycles. The summed E-state index contributed by atoms with van der Waals surface area (Å²) in [5, 5.41) is 18.0. The third-order valence-electron chi connectivity index (χ3n) is 4.91. The summed E-state index contributed by atoms with van der Waals surface area (Å²) >= 11 is 0. The average Bonchev–Trinajstić information content (AvgIpc) is 2.99. The van der Waals surface area contributed by atoms with Crippen LogP contribution in [-0.2, 0) is 15.1 Å². The van der Waals surface area contributed by atoms with Crippen molar-refractivity contribution in [1.82, 2.24) is 14.8 Å². The van der Waals surface area contributed by atoms with E-state index in [0.717, 1.165) is 0 Å². The minimum Gasteiger partial charge on any atom is -0.506 e. The van der Waals surface area contributed by atoms with Crippen molar-refractivity contribution in [3.05, 3.63) is 38.5 Å². The lowest BCUT2D eigenvalue weighted by Crippen LogP contribution is -2.84. The predicted molar refractivity (Wildman–Crippen MR) is 105 cm³/mol. The van der Waals surface area contributed by atoms with Crippen LogP contribution in [0, 0.1) is 6.92 Å². The lowest BCUT2D eigenvalue weighted by Gasteiger charge is -2.24. The van der Waals surface area contributed by atoms with Crippen molar-refractivity contribution < 1.29 is 19.8 Å². The molecule has 2 heterocycles. The lowest BCUT2D eigenvalue weighted by molar-refractivity contribution is -0.634. The predicted octanol–water partition coefficient (Wildman–Crippen LogP) is 0.485. The Bertz CT molecular complexity index is 1070. The second-order valence-electron chi connectivity index (χ2n) is 9.27. The first-order chi connectivity index (χ1) is 12.7. The number of carbonyl (C=O) groups excluding carboxylic acids is 2. The van der Waals surface area contributed by atoms with Gasteiger partial charge in [-0.05, 0) is 48.5 Å². The number of hydrazone groups is 1. The molecule has 0 spiro atoms. The highest BCUT2D eigenvalue weighted by Gasteiger charge is 2.49. The Morgan fingerprint density at radius 1 is 0.893 bits per heavy atom. The van der Waals surface area contributed by atoms with Gasteiger partial charge in [0.15, 0.2) is 0 Å². The molecule has 2 aliphatic rings. The summed E-state index contributed by atoms with van der Waals surface area (Å²) in [6.07, 6.45) is 0. The Kier molecular flexibility index (Phi) is 4.11. The number of allylic oxidation sites excluding steroid dienone is 2. The number of nitrogens with one attached hydrogen (secondary N) is 2. The molecule has 28 heavy (non-hydrogen) atoms. The smallest absolute Gasteiger partial charge is 0.315 e. The fourth-order valence-corrected chi connectivity index (χ4v) is 3.49. The average molecular weight is 387 g/mol. The Morgan fingerprint density at radius 3 is 1.86 bits per heavy atom. The topological polar surface area (TPSA) is 109 Å². The van der Waals surface area contributed by atoms with E-state index in [-0.39, 0.29) is 39.5 Å². The molecule has 1 amide bonds. The Labute approximate surface area is 163 Å². The number of hydrazine groups is 1. The van der Waals surface area contributed by atoms with Gasteiger partial charge < -0.3 is 5.11 Å². The number of hydrogen-bond donors (Lipinski definition) is 3. The van der Waals surface area contributed by atoms with Crippen LogP contribution < -0.4 is 10.7 Å². The number of aromatic nitrogens is 2. The number of H-pyrrole nitrogens is 1. The van der Waals surface area contributed by atoms with Gasteiger partial charge in [-0.3, -0.25) is 19.5 Å². The zero-order valence-electron chi connectivity index (χ0n) is 17.6. The summed E-state index contributed by atoms with van der Waals surface area (Å²) in [5.74, 6) is -1.19. The number of amides is 1. The molecule has 150 valence electrons. The summed E-state index contributed by atoms with van der Waals surface area (Å²) in [6, 6.07) is 0. The summed E-state index contributed by atoms with van der Waals surface area (Å²) in [5.41, 5.74) is -0.204. The van der Waals surface area contributed by atoms with Crippen LogP contribution in [0.2, 0.25) is 0 Å². The van der Waals surface area contributed by atoms with E-state index in [2.05, 4.69) is 10.2 Å². The van der Waals surface area contributed by atoms with Crippen LogP contribution in [0.25, 0.3) is 5.57 Å². The van der Waals surface area contributed by atoms with Gasteiger partial charge in [0.25, 0.3) is 5.56 Å². The van der Waals surface area contributed by atoms with E-state index in [1.807, 2.05) is 41.5 Å². The molecule has 3 rings (SSSR count). The molecule has 1 aromatic rings. The molecule has 1 aliphatic carbocycles. The molecule has 8 heteroatoms. The van der Waals surface area contributed by atoms with Crippen LogP contribution in [0.1, 0.15) is 59.7 Å². The molecule has 0 bridgehead atoms. The first-order valence-electron chi connectivity index (χ1n) is 9.18. The second kappa shape index (κ2) is 5.80. The van der Waals surface area contributed by atoms with Crippen molar-refractivity contribution in [2.45, 2.75) is 66.5 Å². The maximum atomic E-state index is 12.9. The maximum absolute atomic E-state index is 12.9. The minimum absolute atomic E-state index is 0.0425. The van der Waals surface area contributed by atoms with E-state index in [4.69, 9.17) is 0 Å². The summed E-state index contributed by atoms with van der Waals surface area (Å²) in [4.78, 5) is 38.6. The largest absolute Gasteiger partial charge is 0.506 e. The van der Waals surface area contributed by atoms with E-state index in [1.54, 1.807) is 13.8 Å². The maximum Gasteiger partial charge on any atom is 0.315 e. The van der Waals surface area contributed by atoms with Crippen molar-refractivity contribution >= 4 is 23.0 Å². The molecule has 1 aromatic heterocycles. The van der Waals surface area contributed by atoms with Gasteiger partial charge >= 0.3 is 5.91 Å². The number of ketones is 1. The third-order valence-corrected chi connectivity index (χ3v) is 4.91. The number of hydrogen-bond acceptors (Lipinski definition) is 4. The van der Waals surface area contributed by atoms with Crippen LogP contribution in [0.15, 0.2) is 21.7 Å². The molecule has 0 saturated carbocycles. The first-order valence-corrected chi connectivity index (χ1v) is 9.18. The van der Waals surface area contributed by atoms with Gasteiger partial charge in [-0.1, -0.05) is 0 Å². The van der Waals surface area contributed by atoms with Gasteiger partial charge in [0.05, 0.1) is 27.8 Å². The Hall–Kier alpha value is -2.90. The van der Waals surface area contributed by atoms with Gasteiger partial charge in [-0.15, -0.1) is 10.1 Å². The SMILES string of the molecule is CC1=[NH+]N(C(C)(C)C)C(=O)/C1=C1\C(=O)C(c2c(C)[nH]n(C(C)(C)C)c2=O)=C1O. The van der Waals surface area contributed by atoms with Crippen molar-refractivity contribution in [2.75, 3.05) is 0 Å². The first kappa shape index (κ1) is 19.9. The number of nitrogens with zero attached hydrogens (tertiary/aromatic N) is 2. The highest BCUT2D eigenvalue weighted by Crippen LogP contribution is 2.38. The molecule has 0 saturated heterocycles. The number of carbonyl (C=O) groups is 2. The van der Waals surface area contributed by atoms with E-state index in [1.165, 1.54) is 9.69 Å². The monoisotopic (exact) mass is 387 g/mol. The summed E-state index contributed by atoms with van der Waals surface area (Å²) < 4.78 is 1.43. The number of aliphatic hydroxyl groups is 1. The molecule has 1 aliphatic heterocycles. The van der Waals surface area contributed by atoms with Crippen LogP contribution in [-0.4, -0.2) is 42.8 Å². The van der Waals surface area contributed by atoms with E-state index in [9.17, 15) is 19.5 Å². The molecular formula is C20H27N4O4+. The van der Waals surface area contributed by atoms with Crippen molar-refractivity contribution in [3.8, 4) is 0 Å². The minimum atomic E-state index is -0.507. The van der Waals surface area contributed by atoms with Crippen LogP contribution in [0.4, 0.5) is 0 Å². The molecule has 0 fully saturated rings. The Balaban J connectivity index is 2.16. The quantitative estimate of drug-likeness (QED) is 0.609. The van der Waals surface area contributed by atoms with Crippen LogP contribution in [0.5, 0.6) is 0 Å². The van der Waals surface area contributed by atoms with Gasteiger partial charge in [0.1, 0.15) is 11.3 Å². The Morgan fingerprint density at radius 2 is 1.46 bits per heavy atom.